The molecular weight excluding hydrogens is 338 g/mol. The van der Waals surface area contributed by atoms with E-state index in [0.717, 1.165) is 12.0 Å². The van der Waals surface area contributed by atoms with E-state index in [0.29, 0.717) is 15.5 Å². The van der Waals surface area contributed by atoms with Crippen molar-refractivity contribution < 1.29 is 9.90 Å². The number of aromatic hydroxyl groups is 1. The Morgan fingerprint density at radius 3 is 2.31 bits per heavy atom. The molecule has 1 aromatic rings. The van der Waals surface area contributed by atoms with Crippen LogP contribution in [0.2, 0.25) is 0 Å². The highest BCUT2D eigenvalue weighted by molar-refractivity contribution is 9.11. The molecule has 88 valence electrons. The van der Waals surface area contributed by atoms with Gasteiger partial charge < -0.3 is 10.0 Å². The first kappa shape index (κ1) is 13.5. The zero-order chi connectivity index (χ0) is 12.3. The fourth-order valence-corrected chi connectivity index (χ4v) is 2.50. The van der Waals surface area contributed by atoms with Crippen LogP contribution in [0.5, 0.6) is 5.75 Å². The Balaban J connectivity index is 2.72. The van der Waals surface area contributed by atoms with Crippen LogP contribution in [0.3, 0.4) is 0 Å². The number of halogens is 2. The van der Waals surface area contributed by atoms with Gasteiger partial charge in [0.05, 0.1) is 8.95 Å². The molecule has 1 aromatic carbocycles. The molecule has 3 nitrogen and oxygen atoms in total. The minimum atomic E-state index is 0.0527. The highest BCUT2D eigenvalue weighted by Crippen LogP contribution is 2.33. The molecule has 0 saturated carbocycles. The first-order valence-corrected chi connectivity index (χ1v) is 6.39. The third kappa shape index (κ3) is 3.49. The highest BCUT2D eigenvalue weighted by Gasteiger charge is 2.07. The third-order valence-corrected chi connectivity index (χ3v) is 3.56. The van der Waals surface area contributed by atoms with Crippen LogP contribution in [0.15, 0.2) is 21.1 Å². The first-order chi connectivity index (χ1) is 7.41. The summed E-state index contributed by atoms with van der Waals surface area (Å²) in [4.78, 5) is 12.7. The van der Waals surface area contributed by atoms with Crippen molar-refractivity contribution in [2.45, 2.75) is 13.3 Å². The molecule has 0 heterocycles. The van der Waals surface area contributed by atoms with Gasteiger partial charge in [0.1, 0.15) is 5.75 Å². The number of carbonyl (C=O) groups excluding carboxylic acids is 1. The van der Waals surface area contributed by atoms with Gasteiger partial charge in [0.25, 0.3) is 0 Å². The largest absolute Gasteiger partial charge is 0.506 e. The molecule has 0 spiro atoms. The summed E-state index contributed by atoms with van der Waals surface area (Å²) in [6, 6.07) is 3.71. The molecule has 0 bridgehead atoms. The molecular formula is C11H13Br2NO2. The molecule has 1 amide bonds. The summed E-state index contributed by atoms with van der Waals surface area (Å²) < 4.78 is 1.31. The second-order valence-corrected chi connectivity index (χ2v) is 5.31. The first-order valence-electron chi connectivity index (χ1n) is 4.80. The molecule has 16 heavy (non-hydrogen) atoms. The van der Waals surface area contributed by atoms with Gasteiger partial charge in [-0.1, -0.05) is 0 Å². The molecule has 0 saturated heterocycles. The van der Waals surface area contributed by atoms with Crippen molar-refractivity contribution in [2.24, 2.45) is 0 Å². The number of likely N-dealkylation sites (N-methyl/N-ethyl adjacent to an activating group) is 1. The zero-order valence-electron chi connectivity index (χ0n) is 9.13. The average Bonchev–Trinajstić information content (AvgIpc) is 2.22. The molecule has 1 rings (SSSR count). The Bertz CT molecular complexity index is 384. The number of rotatable bonds is 3. The van der Waals surface area contributed by atoms with E-state index in [4.69, 9.17) is 0 Å². The lowest BCUT2D eigenvalue weighted by Gasteiger charge is -2.15. The highest BCUT2D eigenvalue weighted by atomic mass is 79.9. The molecule has 0 radical (unpaired) electrons. The van der Waals surface area contributed by atoms with Gasteiger partial charge in [0.2, 0.25) is 5.91 Å². The standard InChI is InChI=1S/C11H13Br2NO2/c1-7(15)14(2)4-3-8-5-9(12)11(16)10(13)6-8/h5-6,16H,3-4H2,1-2H3. The number of nitrogens with zero attached hydrogens (tertiary/aromatic N) is 1. The second-order valence-electron chi connectivity index (χ2n) is 3.60. The van der Waals surface area contributed by atoms with Gasteiger partial charge in [-0.25, -0.2) is 0 Å². The summed E-state index contributed by atoms with van der Waals surface area (Å²) in [6.45, 7) is 2.21. The number of benzene rings is 1. The lowest BCUT2D eigenvalue weighted by atomic mass is 10.1. The van der Waals surface area contributed by atoms with E-state index in [1.807, 2.05) is 12.1 Å². The number of hydrogen-bond acceptors (Lipinski definition) is 2. The van der Waals surface area contributed by atoms with Crippen molar-refractivity contribution in [3.63, 3.8) is 0 Å². The van der Waals surface area contributed by atoms with Crippen molar-refractivity contribution in [3.8, 4) is 5.75 Å². The van der Waals surface area contributed by atoms with Gasteiger partial charge in [-0.3, -0.25) is 4.79 Å². The van der Waals surface area contributed by atoms with Crippen LogP contribution in [-0.4, -0.2) is 29.5 Å². The lowest BCUT2D eigenvalue weighted by molar-refractivity contribution is -0.127. The van der Waals surface area contributed by atoms with E-state index in [9.17, 15) is 9.90 Å². The quantitative estimate of drug-likeness (QED) is 0.910. The van der Waals surface area contributed by atoms with Crippen molar-refractivity contribution in [1.82, 2.24) is 4.90 Å². The SMILES string of the molecule is CC(=O)N(C)CCc1cc(Br)c(O)c(Br)c1. The fraction of sp³-hybridized carbons (Fsp3) is 0.364. The van der Waals surface area contributed by atoms with Crippen LogP contribution in [0.1, 0.15) is 12.5 Å². The predicted molar refractivity (Wildman–Crippen MR) is 70.5 cm³/mol. The summed E-state index contributed by atoms with van der Waals surface area (Å²) in [7, 11) is 1.77. The van der Waals surface area contributed by atoms with E-state index in [1.54, 1.807) is 18.9 Å². The number of phenolic OH excluding ortho intramolecular Hbond substituents is 1. The van der Waals surface area contributed by atoms with E-state index < -0.39 is 0 Å². The molecule has 0 aliphatic carbocycles. The molecule has 5 heteroatoms. The van der Waals surface area contributed by atoms with Crippen LogP contribution in [0.25, 0.3) is 0 Å². The third-order valence-electron chi connectivity index (χ3n) is 2.35. The Kier molecular flexibility index (Phi) is 4.80. The smallest absolute Gasteiger partial charge is 0.219 e. The number of amides is 1. The van der Waals surface area contributed by atoms with Crippen LogP contribution >= 0.6 is 31.9 Å². The topological polar surface area (TPSA) is 40.5 Å². The summed E-state index contributed by atoms with van der Waals surface area (Å²) in [5, 5.41) is 9.54. The number of hydrogen-bond donors (Lipinski definition) is 1. The van der Waals surface area contributed by atoms with Gasteiger partial charge in [0, 0.05) is 20.5 Å². The number of phenols is 1. The van der Waals surface area contributed by atoms with Gasteiger partial charge in [-0.2, -0.15) is 0 Å². The average molecular weight is 351 g/mol. The summed E-state index contributed by atoms with van der Waals surface area (Å²) in [5.74, 6) is 0.251. The van der Waals surface area contributed by atoms with Gasteiger partial charge in [0.15, 0.2) is 0 Å². The molecule has 1 N–H and O–H groups in total. The lowest BCUT2D eigenvalue weighted by Crippen LogP contribution is -2.26. The van der Waals surface area contributed by atoms with Crippen molar-refractivity contribution in [2.75, 3.05) is 13.6 Å². The molecule has 0 fully saturated rings. The summed E-state index contributed by atoms with van der Waals surface area (Å²) in [5.41, 5.74) is 1.06. The second kappa shape index (κ2) is 5.68. The summed E-state index contributed by atoms with van der Waals surface area (Å²) in [6.07, 6.45) is 0.758. The van der Waals surface area contributed by atoms with Gasteiger partial charge in [-0.05, 0) is 56.0 Å². The Hall–Kier alpha value is -0.550. The van der Waals surface area contributed by atoms with Crippen molar-refractivity contribution >= 4 is 37.8 Å². The Morgan fingerprint density at radius 2 is 1.88 bits per heavy atom. The maximum atomic E-state index is 11.0. The molecule has 0 aromatic heterocycles. The fourth-order valence-electron chi connectivity index (χ4n) is 1.22. The minimum Gasteiger partial charge on any atom is -0.506 e. The maximum Gasteiger partial charge on any atom is 0.219 e. The van der Waals surface area contributed by atoms with Crippen LogP contribution in [0, 0.1) is 0 Å². The monoisotopic (exact) mass is 349 g/mol. The van der Waals surface area contributed by atoms with E-state index >= 15 is 0 Å². The van der Waals surface area contributed by atoms with Crippen LogP contribution in [-0.2, 0) is 11.2 Å². The predicted octanol–water partition coefficient (Wildman–Crippen LogP) is 2.94. The Morgan fingerprint density at radius 1 is 1.38 bits per heavy atom. The van der Waals surface area contributed by atoms with Crippen LogP contribution < -0.4 is 0 Å². The molecule has 0 atom stereocenters. The van der Waals surface area contributed by atoms with Gasteiger partial charge >= 0.3 is 0 Å². The molecule has 0 aliphatic heterocycles. The molecule has 0 aliphatic rings. The summed E-state index contributed by atoms with van der Waals surface area (Å²) >= 11 is 6.54. The Labute approximate surface area is 112 Å². The number of carbonyl (C=O) groups is 1. The van der Waals surface area contributed by atoms with E-state index in [2.05, 4.69) is 31.9 Å². The normalized spacial score (nSPS) is 10.2. The van der Waals surface area contributed by atoms with Gasteiger partial charge in [-0.15, -0.1) is 0 Å². The van der Waals surface area contributed by atoms with Crippen LogP contribution in [0.4, 0.5) is 0 Å². The molecule has 0 unspecified atom stereocenters. The van der Waals surface area contributed by atoms with Crippen molar-refractivity contribution in [3.05, 3.63) is 26.6 Å². The minimum absolute atomic E-state index is 0.0527. The van der Waals surface area contributed by atoms with Crippen molar-refractivity contribution in [1.29, 1.82) is 0 Å². The van der Waals surface area contributed by atoms with E-state index in [-0.39, 0.29) is 11.7 Å². The van der Waals surface area contributed by atoms with E-state index in [1.165, 1.54) is 0 Å². The maximum absolute atomic E-state index is 11.0. The zero-order valence-corrected chi connectivity index (χ0v) is 12.3.